The average Bonchev–Trinajstić information content (AvgIpc) is 3.65. The minimum atomic E-state index is -3.58. The Labute approximate surface area is 315 Å². The quantitative estimate of drug-likeness (QED) is 0.141. The fourth-order valence-corrected chi connectivity index (χ4v) is 7.62. The van der Waals surface area contributed by atoms with Crippen molar-refractivity contribution in [1.29, 1.82) is 0 Å². The van der Waals surface area contributed by atoms with Crippen molar-refractivity contribution in [1.82, 2.24) is 30.2 Å². The molecule has 0 unspecified atom stereocenters. The molecule has 15 heteroatoms. The van der Waals surface area contributed by atoms with Crippen molar-refractivity contribution in [2.24, 2.45) is 17.8 Å². The Balaban J connectivity index is 1.29. The number of nitrogens with one attached hydrogen (secondary N) is 3. The van der Waals surface area contributed by atoms with E-state index in [-0.39, 0.29) is 52.4 Å². The second-order valence-corrected chi connectivity index (χ2v) is 17.2. The monoisotopic (exact) mass is 761 g/mol. The Bertz CT molecular complexity index is 2060. The number of alkyl carbamates (subject to hydrolysis) is 1. The Morgan fingerprint density at radius 2 is 1.67 bits per heavy atom. The number of sulfonamides is 1. The van der Waals surface area contributed by atoms with E-state index < -0.39 is 39.4 Å². The van der Waals surface area contributed by atoms with E-state index in [1.54, 1.807) is 24.3 Å². The molecule has 3 N–H and O–H groups in total. The molecule has 2 amide bonds. The lowest BCUT2D eigenvalue weighted by Crippen LogP contribution is -2.37. The van der Waals surface area contributed by atoms with Gasteiger partial charge in [0.2, 0.25) is 21.8 Å². The molecule has 0 bridgehead atoms. The maximum absolute atomic E-state index is 15.0. The number of aryl methyl sites for hydroxylation is 1. The van der Waals surface area contributed by atoms with Crippen molar-refractivity contribution in [3.05, 3.63) is 77.6 Å². The number of tetrazole rings is 1. The summed E-state index contributed by atoms with van der Waals surface area (Å²) in [4.78, 5) is 39.9. The number of carbonyl (C=O) groups is 3. The van der Waals surface area contributed by atoms with E-state index in [1.807, 2.05) is 52.0 Å². The summed E-state index contributed by atoms with van der Waals surface area (Å²) in [5.74, 6) is -1.71. The highest BCUT2D eigenvalue weighted by Crippen LogP contribution is 2.32. The maximum Gasteiger partial charge on any atom is 0.407 e. The van der Waals surface area contributed by atoms with E-state index >= 15 is 4.39 Å². The zero-order valence-electron chi connectivity index (χ0n) is 31.5. The van der Waals surface area contributed by atoms with Gasteiger partial charge in [0.15, 0.2) is 0 Å². The predicted molar refractivity (Wildman–Crippen MR) is 202 cm³/mol. The molecule has 4 aromatic rings. The largest absolute Gasteiger partial charge is 0.444 e. The van der Waals surface area contributed by atoms with Crippen LogP contribution in [0.5, 0.6) is 0 Å². The number of carbonyl (C=O) groups excluding carboxylic acids is 3. The number of amides is 2. The number of ketones is 1. The molecule has 1 heterocycles. The first-order chi connectivity index (χ1) is 25.5. The molecular formula is C39H48FN7O6S. The normalized spacial score (nSPS) is 16.8. The van der Waals surface area contributed by atoms with E-state index in [2.05, 4.69) is 31.3 Å². The van der Waals surface area contributed by atoms with E-state index in [1.165, 1.54) is 30.5 Å². The van der Waals surface area contributed by atoms with Gasteiger partial charge in [-0.05, 0) is 124 Å². The van der Waals surface area contributed by atoms with Gasteiger partial charge in [-0.25, -0.2) is 21.9 Å². The summed E-state index contributed by atoms with van der Waals surface area (Å²) in [5, 5.41) is 19.0. The van der Waals surface area contributed by atoms with Crippen LogP contribution in [0.3, 0.4) is 0 Å². The van der Waals surface area contributed by atoms with Crippen LogP contribution in [0.1, 0.15) is 64.0 Å². The number of nitrogens with zero attached hydrogens (tertiary/aromatic N) is 4. The van der Waals surface area contributed by atoms with E-state index in [0.29, 0.717) is 19.4 Å². The second-order valence-electron chi connectivity index (χ2n) is 15.1. The van der Waals surface area contributed by atoms with Gasteiger partial charge in [-0.1, -0.05) is 30.3 Å². The van der Waals surface area contributed by atoms with Crippen LogP contribution in [0, 0.1) is 30.5 Å². The second kappa shape index (κ2) is 17.0. The van der Waals surface area contributed by atoms with Crippen LogP contribution >= 0.6 is 0 Å². The van der Waals surface area contributed by atoms with Gasteiger partial charge in [-0.2, -0.15) is 5.21 Å². The fraction of sp³-hybridized carbons (Fsp3) is 0.436. The first kappa shape index (κ1) is 40.2. The minimum Gasteiger partial charge on any atom is -0.444 e. The smallest absolute Gasteiger partial charge is 0.407 e. The van der Waals surface area contributed by atoms with Crippen LogP contribution < -0.4 is 10.6 Å². The minimum absolute atomic E-state index is 0.00339. The number of Topliss-reactive ketones (excluding diaryl/α,β-unsaturated/α-hetero) is 1. The number of anilines is 1. The number of rotatable bonds is 13. The van der Waals surface area contributed by atoms with E-state index in [0.717, 1.165) is 35.1 Å². The highest BCUT2D eigenvalue weighted by molar-refractivity contribution is 7.89. The lowest BCUT2D eigenvalue weighted by Gasteiger charge is -2.29. The van der Waals surface area contributed by atoms with Crippen molar-refractivity contribution in [3.63, 3.8) is 0 Å². The highest BCUT2D eigenvalue weighted by Gasteiger charge is 2.31. The van der Waals surface area contributed by atoms with Gasteiger partial charge in [0.25, 0.3) is 0 Å². The van der Waals surface area contributed by atoms with Gasteiger partial charge >= 0.3 is 6.09 Å². The zero-order chi connectivity index (χ0) is 39.2. The third kappa shape index (κ3) is 10.3. The van der Waals surface area contributed by atoms with Gasteiger partial charge in [0, 0.05) is 44.6 Å². The molecule has 1 saturated carbocycles. The lowest BCUT2D eigenvalue weighted by atomic mass is 9.77. The van der Waals surface area contributed by atoms with Gasteiger partial charge in [-0.3, -0.25) is 9.59 Å². The molecule has 3 aromatic carbocycles. The molecule has 288 valence electrons. The molecule has 1 atom stereocenters. The number of H-pyrrole nitrogens is 1. The van der Waals surface area contributed by atoms with Crippen molar-refractivity contribution < 1.29 is 31.9 Å². The Hall–Kier alpha value is -5.02. The molecule has 0 radical (unpaired) electrons. The number of hydrogen-bond donors (Lipinski definition) is 3. The van der Waals surface area contributed by atoms with Gasteiger partial charge < -0.3 is 15.4 Å². The molecule has 13 nitrogen and oxygen atoms in total. The fourth-order valence-electron chi connectivity index (χ4n) is 6.63. The average molecular weight is 762 g/mol. The number of aromatic amines is 1. The van der Waals surface area contributed by atoms with Crippen LogP contribution in [0.15, 0.2) is 65.6 Å². The summed E-state index contributed by atoms with van der Waals surface area (Å²) >= 11 is 0. The third-order valence-electron chi connectivity index (χ3n) is 9.60. The number of aromatic nitrogens is 4. The van der Waals surface area contributed by atoms with Gasteiger partial charge in [0.1, 0.15) is 17.2 Å². The van der Waals surface area contributed by atoms with E-state index in [9.17, 15) is 22.8 Å². The Kier molecular flexibility index (Phi) is 12.6. The third-order valence-corrected chi connectivity index (χ3v) is 11.4. The van der Waals surface area contributed by atoms with Crippen molar-refractivity contribution in [2.45, 2.75) is 76.7 Å². The molecule has 0 aliphatic heterocycles. The molecule has 5 rings (SSSR count). The molecule has 0 saturated heterocycles. The number of benzene rings is 3. The molecule has 0 spiro atoms. The van der Waals surface area contributed by atoms with E-state index in [4.69, 9.17) is 4.74 Å². The number of ether oxygens (including phenoxy) is 1. The van der Waals surface area contributed by atoms with Gasteiger partial charge in [-0.15, -0.1) is 10.2 Å². The zero-order valence-corrected chi connectivity index (χ0v) is 32.3. The highest BCUT2D eigenvalue weighted by atomic mass is 32.2. The topological polar surface area (TPSA) is 176 Å². The molecular weight excluding hydrogens is 714 g/mol. The summed E-state index contributed by atoms with van der Waals surface area (Å²) in [5.41, 5.74) is 3.12. The lowest BCUT2D eigenvalue weighted by molar-refractivity contribution is -0.129. The van der Waals surface area contributed by atoms with Crippen LogP contribution in [0.4, 0.5) is 14.9 Å². The van der Waals surface area contributed by atoms with Crippen molar-refractivity contribution in [3.8, 4) is 22.5 Å². The molecule has 1 aliphatic carbocycles. The Morgan fingerprint density at radius 3 is 2.26 bits per heavy atom. The van der Waals surface area contributed by atoms with Crippen molar-refractivity contribution in [2.75, 3.05) is 26.0 Å². The standard InChI is InChI=1S/C39H48FN7O6S/c1-24-19-31(54(51,52)47(5)6)16-18-32(24)27-11-7-25(8-12-27)20-29(37(49)42-30-15-17-33(34(40)22-30)36-43-45-46-44-36)21-35(48)28-13-9-26(10-14-28)23-41-38(50)53-39(2,3)4/h7-8,11-12,15-19,22,26,28-29H,9-10,13-14,20-21,23H2,1-6H3,(H,41,50)(H,42,49)(H,43,44,45,46)/t26?,28?,29-/m1/s1. The summed E-state index contributed by atoms with van der Waals surface area (Å²) < 4.78 is 46.8. The van der Waals surface area contributed by atoms with Crippen LogP contribution in [0.2, 0.25) is 0 Å². The first-order valence-electron chi connectivity index (χ1n) is 18.0. The summed E-state index contributed by atoms with van der Waals surface area (Å²) in [6, 6.07) is 16.8. The Morgan fingerprint density at radius 1 is 0.981 bits per heavy atom. The van der Waals surface area contributed by atoms with Crippen molar-refractivity contribution >= 4 is 33.5 Å². The first-order valence-corrected chi connectivity index (χ1v) is 19.4. The van der Waals surface area contributed by atoms with Crippen LogP contribution in [-0.4, -0.2) is 77.4 Å². The summed E-state index contributed by atoms with van der Waals surface area (Å²) in [6.45, 7) is 7.75. The molecule has 1 aromatic heterocycles. The number of halogens is 1. The summed E-state index contributed by atoms with van der Waals surface area (Å²) in [7, 11) is -0.599. The van der Waals surface area contributed by atoms with Crippen LogP contribution in [-0.2, 0) is 30.8 Å². The molecule has 1 aliphatic rings. The summed E-state index contributed by atoms with van der Waals surface area (Å²) in [6.07, 6.45) is 2.63. The SMILES string of the molecule is Cc1cc(S(=O)(=O)N(C)C)ccc1-c1ccc(C[C@H](CC(=O)C2CCC(CNC(=O)OC(C)(C)C)CC2)C(=O)Nc2ccc(-c3nn[nH]n3)c(F)c2)cc1. The number of hydrogen-bond acceptors (Lipinski definition) is 9. The predicted octanol–water partition coefficient (Wildman–Crippen LogP) is 6.32. The van der Waals surface area contributed by atoms with Gasteiger partial charge in [0.05, 0.1) is 10.5 Å². The molecule has 1 fully saturated rings. The maximum atomic E-state index is 15.0. The van der Waals surface area contributed by atoms with Crippen LogP contribution in [0.25, 0.3) is 22.5 Å². The molecule has 54 heavy (non-hydrogen) atoms.